The first kappa shape index (κ1) is 10.0. The van der Waals surface area contributed by atoms with Crippen LogP contribution >= 0.6 is 0 Å². The molecule has 1 heteroatoms. The lowest BCUT2D eigenvalue weighted by Crippen LogP contribution is -2.46. The van der Waals surface area contributed by atoms with Crippen LogP contribution in [0.15, 0.2) is 0 Å². The maximum atomic E-state index is 2.51. The van der Waals surface area contributed by atoms with Crippen LogP contribution in [0.4, 0.5) is 0 Å². The summed E-state index contributed by atoms with van der Waals surface area (Å²) in [4.78, 5) is 2.51. The van der Waals surface area contributed by atoms with E-state index in [1.54, 1.807) is 0 Å². The maximum absolute atomic E-state index is 2.51. The van der Waals surface area contributed by atoms with Gasteiger partial charge in [-0.2, -0.15) is 0 Å². The van der Waals surface area contributed by atoms with E-state index in [9.17, 15) is 0 Å². The molecular formula is C11H23N. The molecule has 0 heterocycles. The Kier molecular flexibility index (Phi) is 3.16. The molecule has 72 valence electrons. The van der Waals surface area contributed by atoms with Gasteiger partial charge < -0.3 is 4.90 Å². The van der Waals surface area contributed by atoms with E-state index in [0.717, 1.165) is 17.9 Å². The minimum absolute atomic E-state index is 0.711. The quantitative estimate of drug-likeness (QED) is 0.628. The molecule has 1 saturated carbocycles. The highest BCUT2D eigenvalue weighted by atomic mass is 15.2. The SMILES string of the molecule is CC(C)C1CC(N(C)C(C)C)C1. The van der Waals surface area contributed by atoms with Gasteiger partial charge in [-0.15, -0.1) is 0 Å². The Morgan fingerprint density at radius 3 is 1.92 bits per heavy atom. The van der Waals surface area contributed by atoms with Crippen molar-refractivity contribution in [3.63, 3.8) is 0 Å². The van der Waals surface area contributed by atoms with Crippen molar-refractivity contribution >= 4 is 0 Å². The molecule has 0 aromatic rings. The molecule has 0 unspecified atom stereocenters. The van der Waals surface area contributed by atoms with Gasteiger partial charge >= 0.3 is 0 Å². The molecule has 1 nitrogen and oxygen atoms in total. The van der Waals surface area contributed by atoms with Gasteiger partial charge in [-0.05, 0) is 45.6 Å². The second-order valence-electron chi connectivity index (χ2n) is 4.89. The van der Waals surface area contributed by atoms with Crippen molar-refractivity contribution in [2.45, 2.75) is 52.6 Å². The molecule has 1 aliphatic rings. The van der Waals surface area contributed by atoms with E-state index < -0.39 is 0 Å². The van der Waals surface area contributed by atoms with Crippen LogP contribution in [0.25, 0.3) is 0 Å². The molecule has 0 aromatic heterocycles. The van der Waals surface area contributed by atoms with Gasteiger partial charge in [-0.3, -0.25) is 0 Å². The first-order valence-corrected chi connectivity index (χ1v) is 5.24. The summed E-state index contributed by atoms with van der Waals surface area (Å²) in [6.45, 7) is 9.25. The molecule has 0 saturated heterocycles. The van der Waals surface area contributed by atoms with E-state index in [4.69, 9.17) is 0 Å². The van der Waals surface area contributed by atoms with Crippen molar-refractivity contribution in [3.05, 3.63) is 0 Å². The Morgan fingerprint density at radius 2 is 1.58 bits per heavy atom. The van der Waals surface area contributed by atoms with Crippen molar-refractivity contribution in [1.82, 2.24) is 4.90 Å². The fraction of sp³-hybridized carbons (Fsp3) is 1.00. The van der Waals surface area contributed by atoms with Crippen LogP contribution in [-0.4, -0.2) is 24.0 Å². The van der Waals surface area contributed by atoms with Crippen molar-refractivity contribution < 1.29 is 0 Å². The number of rotatable bonds is 3. The summed E-state index contributed by atoms with van der Waals surface area (Å²) in [7, 11) is 2.26. The van der Waals surface area contributed by atoms with E-state index in [-0.39, 0.29) is 0 Å². The van der Waals surface area contributed by atoms with E-state index in [0.29, 0.717) is 6.04 Å². The molecule has 1 rings (SSSR count). The van der Waals surface area contributed by atoms with Gasteiger partial charge in [-0.1, -0.05) is 13.8 Å². The molecular weight excluding hydrogens is 146 g/mol. The number of hydrogen-bond donors (Lipinski definition) is 0. The van der Waals surface area contributed by atoms with Crippen molar-refractivity contribution in [2.24, 2.45) is 11.8 Å². The van der Waals surface area contributed by atoms with Gasteiger partial charge in [0.15, 0.2) is 0 Å². The summed E-state index contributed by atoms with van der Waals surface area (Å²) >= 11 is 0. The Bertz CT molecular complexity index is 134. The Labute approximate surface area is 77.1 Å². The lowest BCUT2D eigenvalue weighted by molar-refractivity contribution is 0.0548. The molecule has 0 amide bonds. The monoisotopic (exact) mass is 169 g/mol. The Balaban J connectivity index is 2.25. The van der Waals surface area contributed by atoms with Crippen molar-refractivity contribution in [2.75, 3.05) is 7.05 Å². The number of hydrogen-bond acceptors (Lipinski definition) is 1. The summed E-state index contributed by atoms with van der Waals surface area (Å²) < 4.78 is 0. The smallest absolute Gasteiger partial charge is 0.0100 e. The van der Waals surface area contributed by atoms with Crippen LogP contribution in [0.5, 0.6) is 0 Å². The molecule has 1 fully saturated rings. The highest BCUT2D eigenvalue weighted by molar-refractivity contribution is 4.88. The fourth-order valence-corrected chi connectivity index (χ4v) is 1.93. The van der Waals surface area contributed by atoms with Gasteiger partial charge in [0, 0.05) is 12.1 Å². The summed E-state index contributed by atoms with van der Waals surface area (Å²) in [6.07, 6.45) is 2.85. The van der Waals surface area contributed by atoms with E-state index in [2.05, 4.69) is 39.6 Å². The average molecular weight is 169 g/mol. The summed E-state index contributed by atoms with van der Waals surface area (Å²) in [6, 6.07) is 1.58. The molecule has 0 bridgehead atoms. The third kappa shape index (κ3) is 2.01. The minimum Gasteiger partial charge on any atom is -0.301 e. The highest BCUT2D eigenvalue weighted by Crippen LogP contribution is 2.36. The summed E-state index contributed by atoms with van der Waals surface area (Å²) in [5, 5.41) is 0. The number of nitrogens with zero attached hydrogens (tertiary/aromatic N) is 1. The zero-order valence-corrected chi connectivity index (χ0v) is 9.17. The van der Waals surface area contributed by atoms with Gasteiger partial charge in [0.05, 0.1) is 0 Å². The van der Waals surface area contributed by atoms with Crippen molar-refractivity contribution in [3.8, 4) is 0 Å². The van der Waals surface area contributed by atoms with Gasteiger partial charge in [0.1, 0.15) is 0 Å². The predicted octanol–water partition coefficient (Wildman–Crippen LogP) is 2.76. The molecule has 0 aromatic carbocycles. The fourth-order valence-electron chi connectivity index (χ4n) is 1.93. The van der Waals surface area contributed by atoms with Gasteiger partial charge in [-0.25, -0.2) is 0 Å². The van der Waals surface area contributed by atoms with Crippen LogP contribution in [-0.2, 0) is 0 Å². The lowest BCUT2D eigenvalue weighted by Gasteiger charge is -2.44. The van der Waals surface area contributed by atoms with Gasteiger partial charge in [0.2, 0.25) is 0 Å². The zero-order valence-electron chi connectivity index (χ0n) is 9.17. The molecule has 0 aliphatic heterocycles. The third-order valence-corrected chi connectivity index (χ3v) is 3.48. The van der Waals surface area contributed by atoms with Crippen molar-refractivity contribution in [1.29, 1.82) is 0 Å². The highest BCUT2D eigenvalue weighted by Gasteiger charge is 2.34. The Hall–Kier alpha value is -0.0400. The van der Waals surface area contributed by atoms with Crippen LogP contribution in [0.2, 0.25) is 0 Å². The second kappa shape index (κ2) is 3.78. The summed E-state index contributed by atoms with van der Waals surface area (Å²) in [5.41, 5.74) is 0. The molecule has 0 N–H and O–H groups in total. The standard InChI is InChI=1S/C11H23N/c1-8(2)10-6-11(7-10)12(5)9(3)4/h8-11H,6-7H2,1-5H3. The van der Waals surface area contributed by atoms with E-state index in [1.165, 1.54) is 12.8 Å². The third-order valence-electron chi connectivity index (χ3n) is 3.48. The van der Waals surface area contributed by atoms with Gasteiger partial charge in [0.25, 0.3) is 0 Å². The largest absolute Gasteiger partial charge is 0.301 e. The van der Waals surface area contributed by atoms with Crippen LogP contribution in [0.1, 0.15) is 40.5 Å². The predicted molar refractivity (Wildman–Crippen MR) is 54.2 cm³/mol. The van der Waals surface area contributed by atoms with E-state index >= 15 is 0 Å². The molecule has 12 heavy (non-hydrogen) atoms. The summed E-state index contributed by atoms with van der Waals surface area (Å²) in [5.74, 6) is 1.89. The normalized spacial score (nSPS) is 30.0. The average Bonchev–Trinajstić information content (AvgIpc) is 1.82. The maximum Gasteiger partial charge on any atom is 0.0100 e. The topological polar surface area (TPSA) is 3.24 Å². The van der Waals surface area contributed by atoms with E-state index in [1.807, 2.05) is 0 Å². The first-order valence-electron chi connectivity index (χ1n) is 5.24. The second-order valence-corrected chi connectivity index (χ2v) is 4.89. The van der Waals surface area contributed by atoms with Crippen LogP contribution in [0, 0.1) is 11.8 Å². The molecule has 0 spiro atoms. The Morgan fingerprint density at radius 1 is 1.08 bits per heavy atom. The lowest BCUT2D eigenvalue weighted by atomic mass is 9.73. The molecule has 0 radical (unpaired) electrons. The minimum atomic E-state index is 0.711. The molecule has 1 aliphatic carbocycles. The van der Waals surface area contributed by atoms with Crippen LogP contribution < -0.4 is 0 Å². The van der Waals surface area contributed by atoms with Crippen LogP contribution in [0.3, 0.4) is 0 Å². The zero-order chi connectivity index (χ0) is 9.30. The first-order chi connectivity index (χ1) is 5.52. The molecule has 0 atom stereocenters.